The first-order valence-corrected chi connectivity index (χ1v) is 5.69. The fourth-order valence-electron chi connectivity index (χ4n) is 1.86. The van der Waals surface area contributed by atoms with Gasteiger partial charge < -0.3 is 9.47 Å². The first-order chi connectivity index (χ1) is 9.28. The number of hydrogen-bond donors (Lipinski definition) is 0. The monoisotopic (exact) mass is 254 g/mol. The molecule has 1 aromatic heterocycles. The van der Waals surface area contributed by atoms with Crippen LogP contribution in [0.4, 0.5) is 0 Å². The molecule has 0 fully saturated rings. The smallest absolute Gasteiger partial charge is 0.267 e. The molecule has 0 N–H and O–H groups in total. The molecule has 0 radical (unpaired) electrons. The second kappa shape index (κ2) is 4.50. The van der Waals surface area contributed by atoms with Gasteiger partial charge in [0.25, 0.3) is 5.56 Å². The van der Waals surface area contributed by atoms with Crippen LogP contribution in [0.1, 0.15) is 0 Å². The van der Waals surface area contributed by atoms with Gasteiger partial charge in [0.15, 0.2) is 11.5 Å². The Labute approximate surface area is 109 Å². The Morgan fingerprint density at radius 3 is 2.95 bits per heavy atom. The van der Waals surface area contributed by atoms with Crippen molar-refractivity contribution in [1.82, 2.24) is 9.78 Å². The molecule has 5 heteroatoms. The van der Waals surface area contributed by atoms with Crippen LogP contribution in [0, 0.1) is 12.3 Å². The maximum Gasteiger partial charge on any atom is 0.267 e. The molecule has 0 amide bonds. The van der Waals surface area contributed by atoms with Crippen LogP contribution >= 0.6 is 0 Å². The fraction of sp³-hybridized carbons (Fsp3) is 0.143. The third kappa shape index (κ3) is 2.04. The Morgan fingerprint density at radius 1 is 1.26 bits per heavy atom. The predicted octanol–water partition coefficient (Wildman–Crippen LogP) is 1.27. The highest BCUT2D eigenvalue weighted by Gasteiger charge is 2.14. The molecule has 2 heterocycles. The predicted molar refractivity (Wildman–Crippen MR) is 68.9 cm³/mol. The Bertz CT molecular complexity index is 728. The first kappa shape index (κ1) is 11.4. The highest BCUT2D eigenvalue weighted by atomic mass is 16.7. The first-order valence-electron chi connectivity index (χ1n) is 5.69. The molecule has 2 aromatic rings. The van der Waals surface area contributed by atoms with Gasteiger partial charge in [-0.25, -0.2) is 4.68 Å². The van der Waals surface area contributed by atoms with Crippen molar-refractivity contribution in [3.8, 4) is 35.1 Å². The summed E-state index contributed by atoms with van der Waals surface area (Å²) in [7, 11) is 0. The summed E-state index contributed by atoms with van der Waals surface area (Å²) < 4.78 is 11.8. The molecule has 1 aromatic carbocycles. The molecule has 0 bridgehead atoms. The number of nitrogens with zero attached hydrogens (tertiary/aromatic N) is 2. The number of aromatic nitrogens is 2. The number of ether oxygens (including phenoxy) is 2. The maximum absolute atomic E-state index is 11.5. The van der Waals surface area contributed by atoms with Gasteiger partial charge in [0.1, 0.15) is 6.54 Å². The van der Waals surface area contributed by atoms with E-state index in [2.05, 4.69) is 11.0 Å². The van der Waals surface area contributed by atoms with Gasteiger partial charge in [-0.05, 0) is 24.3 Å². The van der Waals surface area contributed by atoms with E-state index in [9.17, 15) is 4.79 Å². The molecule has 0 unspecified atom stereocenters. The van der Waals surface area contributed by atoms with Crippen LogP contribution in [0.3, 0.4) is 0 Å². The van der Waals surface area contributed by atoms with Gasteiger partial charge >= 0.3 is 0 Å². The van der Waals surface area contributed by atoms with Crippen molar-refractivity contribution >= 4 is 0 Å². The van der Waals surface area contributed by atoms with Gasteiger partial charge in [-0.1, -0.05) is 5.92 Å². The van der Waals surface area contributed by atoms with Crippen molar-refractivity contribution in [2.45, 2.75) is 6.54 Å². The number of hydrogen-bond acceptors (Lipinski definition) is 4. The van der Waals surface area contributed by atoms with Crippen molar-refractivity contribution in [3.05, 3.63) is 40.7 Å². The van der Waals surface area contributed by atoms with Crippen LogP contribution in [-0.4, -0.2) is 16.6 Å². The van der Waals surface area contributed by atoms with E-state index in [-0.39, 0.29) is 18.9 Å². The largest absolute Gasteiger partial charge is 0.454 e. The van der Waals surface area contributed by atoms with Crippen LogP contribution in [0.25, 0.3) is 11.3 Å². The molecular weight excluding hydrogens is 244 g/mol. The van der Waals surface area contributed by atoms with E-state index in [1.54, 1.807) is 6.07 Å². The van der Waals surface area contributed by atoms with Crippen molar-refractivity contribution in [2.24, 2.45) is 0 Å². The van der Waals surface area contributed by atoms with E-state index in [0.29, 0.717) is 17.2 Å². The highest BCUT2D eigenvalue weighted by Crippen LogP contribution is 2.35. The summed E-state index contributed by atoms with van der Waals surface area (Å²) in [6.45, 7) is 0.375. The van der Waals surface area contributed by atoms with E-state index in [0.717, 1.165) is 5.56 Å². The molecule has 5 nitrogen and oxygen atoms in total. The molecule has 1 aliphatic heterocycles. The number of fused-ring (bicyclic) bond motifs is 1. The molecule has 0 aliphatic carbocycles. The molecule has 0 saturated heterocycles. The minimum Gasteiger partial charge on any atom is -0.454 e. The van der Waals surface area contributed by atoms with Crippen LogP contribution < -0.4 is 15.0 Å². The average molecular weight is 254 g/mol. The zero-order chi connectivity index (χ0) is 13.2. The zero-order valence-electron chi connectivity index (χ0n) is 10.00. The van der Waals surface area contributed by atoms with Crippen molar-refractivity contribution < 1.29 is 9.47 Å². The van der Waals surface area contributed by atoms with Gasteiger partial charge in [0.2, 0.25) is 6.79 Å². The minimum atomic E-state index is -0.220. The number of benzene rings is 1. The standard InChI is InChI=1S/C14H10N2O3/c1-2-7-16-14(17)6-4-11(15-16)10-3-5-12-13(8-10)19-9-18-12/h1,3-6,8H,7,9H2. The summed E-state index contributed by atoms with van der Waals surface area (Å²) in [6.07, 6.45) is 5.21. The summed E-state index contributed by atoms with van der Waals surface area (Å²) in [4.78, 5) is 11.5. The van der Waals surface area contributed by atoms with E-state index < -0.39 is 0 Å². The average Bonchev–Trinajstić information content (AvgIpc) is 2.89. The van der Waals surface area contributed by atoms with Gasteiger partial charge in [0.05, 0.1) is 5.69 Å². The number of terminal acetylenes is 1. The molecule has 3 rings (SSSR count). The highest BCUT2D eigenvalue weighted by molar-refractivity contribution is 5.63. The zero-order valence-corrected chi connectivity index (χ0v) is 10.00. The maximum atomic E-state index is 11.5. The fourth-order valence-corrected chi connectivity index (χ4v) is 1.86. The SMILES string of the molecule is C#CCn1nc(-c2ccc3c(c2)OCO3)ccc1=O. The van der Waals surface area contributed by atoms with Gasteiger partial charge in [0, 0.05) is 11.6 Å². The lowest BCUT2D eigenvalue weighted by Crippen LogP contribution is -2.21. The molecule has 1 aliphatic rings. The second-order valence-corrected chi connectivity index (χ2v) is 3.99. The quantitative estimate of drug-likeness (QED) is 0.757. The van der Waals surface area contributed by atoms with Crippen molar-refractivity contribution in [3.63, 3.8) is 0 Å². The van der Waals surface area contributed by atoms with Gasteiger partial charge in [-0.15, -0.1) is 6.42 Å². The lowest BCUT2D eigenvalue weighted by atomic mass is 10.1. The van der Waals surface area contributed by atoms with E-state index in [4.69, 9.17) is 15.9 Å². The lowest BCUT2D eigenvalue weighted by Gasteiger charge is -2.05. The summed E-state index contributed by atoms with van der Waals surface area (Å²) >= 11 is 0. The summed E-state index contributed by atoms with van der Waals surface area (Å²) in [6, 6.07) is 8.61. The Balaban J connectivity index is 2.05. The van der Waals surface area contributed by atoms with Crippen molar-refractivity contribution in [1.29, 1.82) is 0 Å². The van der Waals surface area contributed by atoms with Gasteiger partial charge in [-0.3, -0.25) is 4.79 Å². The Morgan fingerprint density at radius 2 is 2.11 bits per heavy atom. The Hall–Kier alpha value is -2.74. The molecule has 0 atom stereocenters. The van der Waals surface area contributed by atoms with Crippen LogP contribution in [0.15, 0.2) is 35.1 Å². The van der Waals surface area contributed by atoms with E-state index in [1.165, 1.54) is 10.7 Å². The van der Waals surface area contributed by atoms with Gasteiger partial charge in [-0.2, -0.15) is 5.10 Å². The van der Waals surface area contributed by atoms with E-state index in [1.807, 2.05) is 18.2 Å². The summed E-state index contributed by atoms with van der Waals surface area (Å²) in [5.74, 6) is 3.78. The second-order valence-electron chi connectivity index (χ2n) is 3.99. The molecule has 94 valence electrons. The summed E-state index contributed by atoms with van der Waals surface area (Å²) in [5.41, 5.74) is 1.28. The molecule has 0 saturated carbocycles. The van der Waals surface area contributed by atoms with Crippen molar-refractivity contribution in [2.75, 3.05) is 6.79 Å². The van der Waals surface area contributed by atoms with Crippen LogP contribution in [0.2, 0.25) is 0 Å². The van der Waals surface area contributed by atoms with E-state index >= 15 is 0 Å². The molecule has 19 heavy (non-hydrogen) atoms. The Kier molecular flexibility index (Phi) is 2.69. The van der Waals surface area contributed by atoms with Crippen LogP contribution in [-0.2, 0) is 6.54 Å². The lowest BCUT2D eigenvalue weighted by molar-refractivity contribution is 0.174. The third-order valence-electron chi connectivity index (χ3n) is 2.78. The topological polar surface area (TPSA) is 53.4 Å². The normalized spacial score (nSPS) is 12.2. The molecule has 0 spiro atoms. The minimum absolute atomic E-state index is 0.150. The molecular formula is C14H10N2O3. The third-order valence-corrected chi connectivity index (χ3v) is 2.78. The number of rotatable bonds is 2. The van der Waals surface area contributed by atoms with Crippen LogP contribution in [0.5, 0.6) is 11.5 Å². The summed E-state index contributed by atoms with van der Waals surface area (Å²) in [5, 5.41) is 4.22.